The second-order valence-corrected chi connectivity index (χ2v) is 4.78. The smallest absolute Gasteiger partial charge is 0.232 e. The van der Waals surface area contributed by atoms with Crippen molar-refractivity contribution < 1.29 is 9.00 Å². The summed E-state index contributed by atoms with van der Waals surface area (Å²) in [5, 5.41) is 2.57. The van der Waals surface area contributed by atoms with Gasteiger partial charge < -0.3 is 11.1 Å². The van der Waals surface area contributed by atoms with E-state index in [1.54, 1.807) is 6.92 Å². The number of carbonyl (C=O) groups is 1. The van der Waals surface area contributed by atoms with Gasteiger partial charge in [-0.2, -0.15) is 0 Å². The molecule has 0 aliphatic carbocycles. The average molecular weight is 206 g/mol. The molecule has 0 aromatic rings. The first-order chi connectivity index (χ1) is 6.11. The van der Waals surface area contributed by atoms with Crippen molar-refractivity contribution in [2.45, 2.75) is 25.5 Å². The number of nitrogens with two attached hydrogens (primary N) is 1. The summed E-state index contributed by atoms with van der Waals surface area (Å²) in [5.74, 6) is -0.0845. The third kappa shape index (κ3) is 5.76. The van der Waals surface area contributed by atoms with E-state index in [1.807, 2.05) is 6.92 Å². The Kier molecular flexibility index (Phi) is 6.80. The van der Waals surface area contributed by atoms with Crippen molar-refractivity contribution in [2.24, 2.45) is 5.73 Å². The Morgan fingerprint density at radius 1 is 1.62 bits per heavy atom. The van der Waals surface area contributed by atoms with Crippen LogP contribution in [-0.2, 0) is 15.6 Å². The summed E-state index contributed by atoms with van der Waals surface area (Å²) in [6, 6.07) is 0. The van der Waals surface area contributed by atoms with E-state index in [-0.39, 0.29) is 16.9 Å². The largest absolute Gasteiger partial charge is 0.355 e. The predicted octanol–water partition coefficient (Wildman–Crippen LogP) is -0.391. The van der Waals surface area contributed by atoms with Crippen LogP contribution in [0.25, 0.3) is 0 Å². The zero-order valence-corrected chi connectivity index (χ0v) is 9.02. The van der Waals surface area contributed by atoms with Crippen molar-refractivity contribution >= 4 is 16.7 Å². The number of rotatable bonds is 6. The minimum Gasteiger partial charge on any atom is -0.355 e. The van der Waals surface area contributed by atoms with Gasteiger partial charge in [0.25, 0.3) is 0 Å². The van der Waals surface area contributed by atoms with Crippen LogP contribution >= 0.6 is 0 Å². The van der Waals surface area contributed by atoms with Gasteiger partial charge in [-0.05, 0) is 13.3 Å². The molecule has 0 spiro atoms. The van der Waals surface area contributed by atoms with Crippen LogP contribution in [0.15, 0.2) is 0 Å². The molecule has 2 atom stereocenters. The normalized spacial score (nSPS) is 15.0. The van der Waals surface area contributed by atoms with Crippen molar-refractivity contribution in [1.82, 2.24) is 5.32 Å². The second-order valence-electron chi connectivity index (χ2n) is 2.92. The molecule has 0 rings (SSSR count). The summed E-state index contributed by atoms with van der Waals surface area (Å²) < 4.78 is 11.3. The number of hydrogen-bond acceptors (Lipinski definition) is 3. The van der Waals surface area contributed by atoms with E-state index in [9.17, 15) is 9.00 Å². The zero-order valence-electron chi connectivity index (χ0n) is 8.21. The van der Waals surface area contributed by atoms with Crippen molar-refractivity contribution in [3.63, 3.8) is 0 Å². The van der Waals surface area contributed by atoms with Gasteiger partial charge in [-0.25, -0.2) is 0 Å². The first-order valence-corrected chi connectivity index (χ1v) is 5.84. The van der Waals surface area contributed by atoms with Gasteiger partial charge in [0, 0.05) is 29.1 Å². The van der Waals surface area contributed by atoms with E-state index < -0.39 is 10.8 Å². The van der Waals surface area contributed by atoms with E-state index >= 15 is 0 Å². The summed E-state index contributed by atoms with van der Waals surface area (Å²) in [5.41, 5.74) is 5.32. The lowest BCUT2D eigenvalue weighted by Gasteiger charge is -2.08. The average Bonchev–Trinajstić information content (AvgIpc) is 2.13. The van der Waals surface area contributed by atoms with Crippen LogP contribution in [0.2, 0.25) is 0 Å². The van der Waals surface area contributed by atoms with Crippen molar-refractivity contribution in [3.8, 4) is 0 Å². The first-order valence-electron chi connectivity index (χ1n) is 4.45. The molecule has 78 valence electrons. The Balaban J connectivity index is 3.71. The molecular formula is C8H18N2O2S. The van der Waals surface area contributed by atoms with E-state index in [1.165, 1.54) is 0 Å². The Morgan fingerprint density at radius 2 is 2.23 bits per heavy atom. The maximum atomic E-state index is 11.3. The number of carbonyl (C=O) groups excluding carboxylic acids is 1. The summed E-state index contributed by atoms with van der Waals surface area (Å²) >= 11 is 0. The highest BCUT2D eigenvalue weighted by atomic mass is 32.2. The molecule has 0 heterocycles. The minimum absolute atomic E-state index is 0.0678. The lowest BCUT2D eigenvalue weighted by atomic mass is 10.5. The molecule has 0 saturated carbocycles. The molecule has 3 N–H and O–H groups in total. The third-order valence-electron chi connectivity index (χ3n) is 1.63. The second kappa shape index (κ2) is 7.03. The van der Waals surface area contributed by atoms with E-state index in [2.05, 4.69) is 5.32 Å². The topological polar surface area (TPSA) is 72.2 Å². The molecule has 0 bridgehead atoms. The van der Waals surface area contributed by atoms with Gasteiger partial charge in [-0.15, -0.1) is 0 Å². The molecule has 2 unspecified atom stereocenters. The van der Waals surface area contributed by atoms with Gasteiger partial charge in [0.1, 0.15) is 5.75 Å². The van der Waals surface area contributed by atoms with Crippen molar-refractivity contribution in [3.05, 3.63) is 0 Å². The first kappa shape index (κ1) is 12.6. The van der Waals surface area contributed by atoms with Crippen molar-refractivity contribution in [2.75, 3.05) is 18.8 Å². The van der Waals surface area contributed by atoms with Crippen molar-refractivity contribution in [1.29, 1.82) is 0 Å². The Morgan fingerprint density at radius 3 is 2.69 bits per heavy atom. The van der Waals surface area contributed by atoms with Gasteiger partial charge in [0.05, 0.1) is 0 Å². The van der Waals surface area contributed by atoms with Crippen LogP contribution in [0.5, 0.6) is 0 Å². The molecule has 0 fully saturated rings. The quantitative estimate of drug-likeness (QED) is 0.621. The zero-order chi connectivity index (χ0) is 10.3. The van der Waals surface area contributed by atoms with Gasteiger partial charge in [0.2, 0.25) is 5.91 Å². The molecule has 1 amide bonds. The fraction of sp³-hybridized carbons (Fsp3) is 0.875. The predicted molar refractivity (Wildman–Crippen MR) is 54.8 cm³/mol. The molecule has 13 heavy (non-hydrogen) atoms. The molecule has 0 aromatic carbocycles. The van der Waals surface area contributed by atoms with Crippen LogP contribution in [-0.4, -0.2) is 34.2 Å². The van der Waals surface area contributed by atoms with Crippen LogP contribution in [0.3, 0.4) is 0 Å². The minimum atomic E-state index is -1.14. The summed E-state index contributed by atoms with van der Waals surface area (Å²) in [6.45, 7) is 4.75. The van der Waals surface area contributed by atoms with Crippen LogP contribution in [0, 0.1) is 0 Å². The fourth-order valence-electron chi connectivity index (χ4n) is 0.694. The van der Waals surface area contributed by atoms with Crippen LogP contribution in [0.4, 0.5) is 0 Å². The van der Waals surface area contributed by atoms with Crippen LogP contribution < -0.4 is 11.1 Å². The standard InChI is InChI=1S/C8H18N2O2S/c1-3-4-10-8(11)6-13(12)7(2)5-9/h7H,3-6,9H2,1-2H3,(H,10,11). The molecule has 5 heteroatoms. The Labute approximate surface area is 81.7 Å². The molecule has 0 aliphatic heterocycles. The monoisotopic (exact) mass is 206 g/mol. The maximum absolute atomic E-state index is 11.3. The molecule has 0 aliphatic rings. The molecule has 4 nitrogen and oxygen atoms in total. The molecular weight excluding hydrogens is 188 g/mol. The molecule has 0 saturated heterocycles. The lowest BCUT2D eigenvalue weighted by molar-refractivity contribution is -0.118. The Bertz CT molecular complexity index is 185. The molecule has 0 radical (unpaired) electrons. The summed E-state index contributed by atoms with van der Waals surface area (Å²) in [7, 11) is -1.14. The summed E-state index contributed by atoms with van der Waals surface area (Å²) in [4.78, 5) is 11.1. The number of amides is 1. The summed E-state index contributed by atoms with van der Waals surface area (Å²) in [6.07, 6.45) is 0.894. The SMILES string of the molecule is CCCNC(=O)CS(=O)C(C)CN. The van der Waals surface area contributed by atoms with Gasteiger partial charge >= 0.3 is 0 Å². The number of hydrogen-bond donors (Lipinski definition) is 2. The number of nitrogens with one attached hydrogen (secondary N) is 1. The van der Waals surface area contributed by atoms with Gasteiger partial charge in [0.15, 0.2) is 0 Å². The van der Waals surface area contributed by atoms with Gasteiger partial charge in [-0.1, -0.05) is 6.92 Å². The van der Waals surface area contributed by atoms with E-state index in [4.69, 9.17) is 5.73 Å². The van der Waals surface area contributed by atoms with E-state index in [0.717, 1.165) is 6.42 Å². The fourth-order valence-corrected chi connectivity index (χ4v) is 1.55. The van der Waals surface area contributed by atoms with E-state index in [0.29, 0.717) is 13.1 Å². The highest BCUT2D eigenvalue weighted by Gasteiger charge is 2.12. The third-order valence-corrected chi connectivity index (χ3v) is 3.26. The Hall–Kier alpha value is -0.420. The van der Waals surface area contributed by atoms with Gasteiger partial charge in [-0.3, -0.25) is 9.00 Å². The van der Waals surface area contributed by atoms with Crippen LogP contribution in [0.1, 0.15) is 20.3 Å². The lowest BCUT2D eigenvalue weighted by Crippen LogP contribution is -2.33. The molecule has 0 aromatic heterocycles. The highest BCUT2D eigenvalue weighted by molar-refractivity contribution is 7.86. The highest BCUT2D eigenvalue weighted by Crippen LogP contribution is 1.93. The maximum Gasteiger partial charge on any atom is 0.232 e.